The van der Waals surface area contributed by atoms with E-state index in [1.54, 1.807) is 22.8 Å². The standard InChI is InChI=1S/C12H10ClN3O2S/c13-9-3-1-2-7(6-17)10(9)19-12-15-14-11(18)16(12)8-4-5-8/h1-3,6,8H,4-5H2,(H,14,18). The van der Waals surface area contributed by atoms with Gasteiger partial charge < -0.3 is 0 Å². The van der Waals surface area contributed by atoms with Crippen molar-refractivity contribution >= 4 is 29.6 Å². The van der Waals surface area contributed by atoms with Crippen LogP contribution in [0.3, 0.4) is 0 Å². The van der Waals surface area contributed by atoms with Crippen LogP contribution in [0.15, 0.2) is 33.0 Å². The van der Waals surface area contributed by atoms with Crippen molar-refractivity contribution in [2.75, 3.05) is 0 Å². The van der Waals surface area contributed by atoms with Crippen LogP contribution in [0.2, 0.25) is 5.02 Å². The highest BCUT2D eigenvalue weighted by Crippen LogP contribution is 2.39. The predicted molar refractivity (Wildman–Crippen MR) is 72.1 cm³/mol. The maximum absolute atomic E-state index is 11.7. The van der Waals surface area contributed by atoms with Gasteiger partial charge in [0.2, 0.25) is 0 Å². The molecule has 19 heavy (non-hydrogen) atoms. The van der Waals surface area contributed by atoms with Gasteiger partial charge in [-0.15, -0.1) is 5.10 Å². The number of hydrogen-bond acceptors (Lipinski definition) is 4. The summed E-state index contributed by atoms with van der Waals surface area (Å²) in [6.45, 7) is 0. The van der Waals surface area contributed by atoms with Crippen LogP contribution in [0.5, 0.6) is 0 Å². The predicted octanol–water partition coefficient (Wildman–Crippen LogP) is 2.52. The maximum Gasteiger partial charge on any atom is 0.344 e. The van der Waals surface area contributed by atoms with E-state index in [0.29, 0.717) is 20.6 Å². The number of aromatic nitrogens is 3. The van der Waals surface area contributed by atoms with Crippen LogP contribution in [-0.4, -0.2) is 21.1 Å². The molecular formula is C12H10ClN3O2S. The number of H-pyrrole nitrogens is 1. The van der Waals surface area contributed by atoms with Gasteiger partial charge in [-0.2, -0.15) is 0 Å². The molecule has 1 heterocycles. The molecule has 5 nitrogen and oxygen atoms in total. The van der Waals surface area contributed by atoms with Gasteiger partial charge in [0.05, 0.1) is 5.02 Å². The molecule has 1 saturated carbocycles. The first-order valence-electron chi connectivity index (χ1n) is 5.79. The van der Waals surface area contributed by atoms with Crippen molar-refractivity contribution in [2.24, 2.45) is 0 Å². The van der Waals surface area contributed by atoms with Gasteiger partial charge in [-0.1, -0.05) is 23.7 Å². The molecule has 0 aliphatic heterocycles. The summed E-state index contributed by atoms with van der Waals surface area (Å²) in [5.41, 5.74) is 0.278. The number of carbonyl (C=O) groups is 1. The molecule has 0 spiro atoms. The van der Waals surface area contributed by atoms with Gasteiger partial charge in [0.25, 0.3) is 0 Å². The second-order valence-corrected chi connectivity index (χ2v) is 5.68. The lowest BCUT2D eigenvalue weighted by Gasteiger charge is -2.07. The van der Waals surface area contributed by atoms with E-state index in [0.717, 1.165) is 19.1 Å². The Hall–Kier alpha value is -1.53. The number of nitrogens with one attached hydrogen (secondary N) is 1. The van der Waals surface area contributed by atoms with Gasteiger partial charge >= 0.3 is 5.69 Å². The summed E-state index contributed by atoms with van der Waals surface area (Å²) in [6.07, 6.45) is 2.71. The molecule has 3 rings (SSSR count). The fourth-order valence-corrected chi connectivity index (χ4v) is 3.14. The Kier molecular flexibility index (Phi) is 3.20. The van der Waals surface area contributed by atoms with Crippen LogP contribution in [0.25, 0.3) is 0 Å². The number of nitrogens with zero attached hydrogens (tertiary/aromatic N) is 2. The number of benzene rings is 1. The van der Waals surface area contributed by atoms with Gasteiger partial charge in [0.15, 0.2) is 11.4 Å². The number of aromatic amines is 1. The first-order chi connectivity index (χ1) is 9.20. The third-order valence-electron chi connectivity index (χ3n) is 2.90. The van der Waals surface area contributed by atoms with Crippen molar-refractivity contribution in [1.29, 1.82) is 0 Å². The van der Waals surface area contributed by atoms with Crippen molar-refractivity contribution in [1.82, 2.24) is 14.8 Å². The lowest BCUT2D eigenvalue weighted by molar-refractivity contribution is 0.112. The topological polar surface area (TPSA) is 67.8 Å². The van der Waals surface area contributed by atoms with Crippen molar-refractivity contribution in [3.05, 3.63) is 39.3 Å². The summed E-state index contributed by atoms with van der Waals surface area (Å²) >= 11 is 7.35. The van der Waals surface area contributed by atoms with Crippen molar-refractivity contribution < 1.29 is 4.79 Å². The molecule has 0 bridgehead atoms. The minimum absolute atomic E-state index is 0.218. The lowest BCUT2D eigenvalue weighted by atomic mass is 10.2. The average Bonchev–Trinajstić information content (AvgIpc) is 3.17. The Bertz CT molecular complexity index is 691. The number of aldehydes is 1. The molecule has 1 N–H and O–H groups in total. The van der Waals surface area contributed by atoms with Gasteiger partial charge in [-0.25, -0.2) is 9.89 Å². The van der Waals surface area contributed by atoms with E-state index in [4.69, 9.17) is 11.6 Å². The fraction of sp³-hybridized carbons (Fsp3) is 0.250. The lowest BCUT2D eigenvalue weighted by Crippen LogP contribution is -2.16. The Morgan fingerprint density at radius 2 is 2.26 bits per heavy atom. The second-order valence-electron chi connectivity index (χ2n) is 4.29. The summed E-state index contributed by atoms with van der Waals surface area (Å²) in [5, 5.41) is 7.47. The minimum atomic E-state index is -0.218. The molecule has 1 aromatic heterocycles. The highest BCUT2D eigenvalue weighted by molar-refractivity contribution is 7.99. The molecule has 0 radical (unpaired) electrons. The second kappa shape index (κ2) is 4.86. The molecule has 1 fully saturated rings. The molecule has 0 amide bonds. The number of halogens is 1. The highest BCUT2D eigenvalue weighted by Gasteiger charge is 2.29. The third-order valence-corrected chi connectivity index (χ3v) is 4.46. The molecule has 2 aromatic rings. The van der Waals surface area contributed by atoms with E-state index < -0.39 is 0 Å². The Labute approximate surface area is 118 Å². The normalized spacial score (nSPS) is 14.6. The molecule has 98 valence electrons. The van der Waals surface area contributed by atoms with Crippen molar-refractivity contribution in [2.45, 2.75) is 28.9 Å². The number of rotatable bonds is 4. The average molecular weight is 296 g/mol. The molecule has 7 heteroatoms. The van der Waals surface area contributed by atoms with Crippen LogP contribution >= 0.6 is 23.4 Å². The molecule has 1 aliphatic carbocycles. The van der Waals surface area contributed by atoms with E-state index in [1.165, 1.54) is 11.8 Å². The Morgan fingerprint density at radius 1 is 1.47 bits per heavy atom. The van der Waals surface area contributed by atoms with Crippen LogP contribution in [0.1, 0.15) is 29.2 Å². The summed E-state index contributed by atoms with van der Waals surface area (Å²) in [5.74, 6) is 0. The van der Waals surface area contributed by atoms with E-state index in [2.05, 4.69) is 10.2 Å². The summed E-state index contributed by atoms with van der Waals surface area (Å²) in [6, 6.07) is 5.33. The van der Waals surface area contributed by atoms with Gasteiger partial charge in [0.1, 0.15) is 0 Å². The van der Waals surface area contributed by atoms with Gasteiger partial charge in [-0.05, 0) is 30.7 Å². The van der Waals surface area contributed by atoms with E-state index in [1.807, 2.05) is 0 Å². The Morgan fingerprint density at radius 3 is 2.95 bits per heavy atom. The van der Waals surface area contributed by atoms with Gasteiger partial charge in [0, 0.05) is 16.5 Å². The van der Waals surface area contributed by atoms with Crippen LogP contribution in [0, 0.1) is 0 Å². The molecule has 0 saturated heterocycles. The molecule has 0 atom stereocenters. The number of carbonyl (C=O) groups excluding carboxylic acids is 1. The summed E-state index contributed by atoms with van der Waals surface area (Å²) in [4.78, 5) is 23.3. The Balaban J connectivity index is 2.02. The van der Waals surface area contributed by atoms with E-state index in [-0.39, 0.29) is 11.7 Å². The molecule has 1 aliphatic rings. The monoisotopic (exact) mass is 295 g/mol. The minimum Gasteiger partial charge on any atom is -0.298 e. The first kappa shape index (κ1) is 12.5. The largest absolute Gasteiger partial charge is 0.344 e. The van der Waals surface area contributed by atoms with Crippen molar-refractivity contribution in [3.8, 4) is 0 Å². The quantitative estimate of drug-likeness (QED) is 0.880. The van der Waals surface area contributed by atoms with E-state index >= 15 is 0 Å². The molecule has 1 aromatic carbocycles. The summed E-state index contributed by atoms with van der Waals surface area (Å²) < 4.78 is 1.63. The maximum atomic E-state index is 11.7. The number of hydrogen-bond donors (Lipinski definition) is 1. The molecule has 0 unspecified atom stereocenters. The van der Waals surface area contributed by atoms with Crippen LogP contribution in [-0.2, 0) is 0 Å². The SMILES string of the molecule is O=Cc1cccc(Cl)c1Sc1n[nH]c(=O)n1C1CC1. The third kappa shape index (κ3) is 2.33. The van der Waals surface area contributed by atoms with Crippen LogP contribution < -0.4 is 5.69 Å². The molecular weight excluding hydrogens is 286 g/mol. The van der Waals surface area contributed by atoms with E-state index in [9.17, 15) is 9.59 Å². The van der Waals surface area contributed by atoms with Gasteiger partial charge in [-0.3, -0.25) is 9.36 Å². The summed E-state index contributed by atoms with van der Waals surface area (Å²) in [7, 11) is 0. The highest BCUT2D eigenvalue weighted by atomic mass is 35.5. The van der Waals surface area contributed by atoms with Crippen molar-refractivity contribution in [3.63, 3.8) is 0 Å². The smallest absolute Gasteiger partial charge is 0.298 e. The zero-order valence-corrected chi connectivity index (χ0v) is 11.4. The first-order valence-corrected chi connectivity index (χ1v) is 6.98. The zero-order chi connectivity index (χ0) is 13.4. The zero-order valence-electron chi connectivity index (χ0n) is 9.80. The van der Waals surface area contributed by atoms with Crippen LogP contribution in [0.4, 0.5) is 0 Å². The fourth-order valence-electron chi connectivity index (χ4n) is 1.83.